The SMILES string of the molecule is C=CCNC(=O)CN(CCC)CC(=O)Nc1ccccc1C. The Morgan fingerprint density at radius 3 is 2.55 bits per heavy atom. The molecule has 0 unspecified atom stereocenters. The Labute approximate surface area is 132 Å². The van der Waals surface area contributed by atoms with Gasteiger partial charge in [-0.2, -0.15) is 0 Å². The highest BCUT2D eigenvalue weighted by Gasteiger charge is 2.14. The van der Waals surface area contributed by atoms with E-state index in [1.165, 1.54) is 0 Å². The molecular formula is C17H25N3O2. The molecule has 0 aliphatic heterocycles. The van der Waals surface area contributed by atoms with Crippen LogP contribution in [0, 0.1) is 6.92 Å². The standard InChI is InChI=1S/C17H25N3O2/c1-4-10-18-16(21)12-20(11-5-2)13-17(22)19-15-9-7-6-8-14(15)3/h4,6-9H,1,5,10-13H2,2-3H3,(H,18,21)(H,19,22). The third-order valence-corrected chi connectivity index (χ3v) is 3.14. The van der Waals surface area contributed by atoms with E-state index in [2.05, 4.69) is 17.2 Å². The molecule has 0 bridgehead atoms. The lowest BCUT2D eigenvalue weighted by molar-refractivity contribution is -0.123. The van der Waals surface area contributed by atoms with Crippen molar-refractivity contribution in [2.45, 2.75) is 20.3 Å². The van der Waals surface area contributed by atoms with Crippen molar-refractivity contribution in [3.8, 4) is 0 Å². The van der Waals surface area contributed by atoms with Gasteiger partial charge in [-0.15, -0.1) is 6.58 Å². The summed E-state index contributed by atoms with van der Waals surface area (Å²) in [6.07, 6.45) is 2.51. The molecule has 1 rings (SSSR count). The highest BCUT2D eigenvalue weighted by molar-refractivity contribution is 5.93. The summed E-state index contributed by atoms with van der Waals surface area (Å²) < 4.78 is 0. The van der Waals surface area contributed by atoms with E-state index in [1.807, 2.05) is 43.0 Å². The third kappa shape index (κ3) is 6.54. The molecule has 1 aromatic carbocycles. The van der Waals surface area contributed by atoms with Gasteiger partial charge in [-0.3, -0.25) is 14.5 Å². The molecule has 1 aromatic rings. The minimum atomic E-state index is -0.112. The van der Waals surface area contributed by atoms with Gasteiger partial charge in [0.1, 0.15) is 0 Å². The van der Waals surface area contributed by atoms with Crippen molar-refractivity contribution in [1.82, 2.24) is 10.2 Å². The summed E-state index contributed by atoms with van der Waals surface area (Å²) in [7, 11) is 0. The number of anilines is 1. The Kier molecular flexibility index (Phi) is 7.92. The topological polar surface area (TPSA) is 61.4 Å². The van der Waals surface area contributed by atoms with Crippen LogP contribution in [-0.2, 0) is 9.59 Å². The lowest BCUT2D eigenvalue weighted by Crippen LogP contribution is -2.41. The molecule has 0 fully saturated rings. The van der Waals surface area contributed by atoms with Gasteiger partial charge >= 0.3 is 0 Å². The lowest BCUT2D eigenvalue weighted by atomic mass is 10.2. The molecule has 0 radical (unpaired) electrons. The molecule has 0 spiro atoms. The summed E-state index contributed by atoms with van der Waals surface area (Å²) in [5, 5.41) is 5.61. The number of nitrogens with one attached hydrogen (secondary N) is 2. The van der Waals surface area contributed by atoms with E-state index in [4.69, 9.17) is 0 Å². The number of hydrogen-bond acceptors (Lipinski definition) is 3. The van der Waals surface area contributed by atoms with Crippen molar-refractivity contribution >= 4 is 17.5 Å². The van der Waals surface area contributed by atoms with Gasteiger partial charge in [0.25, 0.3) is 0 Å². The van der Waals surface area contributed by atoms with E-state index >= 15 is 0 Å². The second-order valence-electron chi connectivity index (χ2n) is 5.17. The van der Waals surface area contributed by atoms with Crippen molar-refractivity contribution in [2.24, 2.45) is 0 Å². The summed E-state index contributed by atoms with van der Waals surface area (Å²) in [5.74, 6) is -0.212. The van der Waals surface area contributed by atoms with Crippen LogP contribution in [0.5, 0.6) is 0 Å². The van der Waals surface area contributed by atoms with Crippen molar-refractivity contribution in [1.29, 1.82) is 0 Å². The predicted molar refractivity (Wildman–Crippen MR) is 89.7 cm³/mol. The molecule has 2 N–H and O–H groups in total. The first-order chi connectivity index (χ1) is 10.6. The largest absolute Gasteiger partial charge is 0.352 e. The van der Waals surface area contributed by atoms with Crippen molar-refractivity contribution in [3.63, 3.8) is 0 Å². The van der Waals surface area contributed by atoms with Crippen LogP contribution in [0.15, 0.2) is 36.9 Å². The van der Waals surface area contributed by atoms with E-state index in [9.17, 15) is 9.59 Å². The molecular weight excluding hydrogens is 278 g/mol. The summed E-state index contributed by atoms with van der Waals surface area (Å²) in [6, 6.07) is 7.63. The van der Waals surface area contributed by atoms with Gasteiger partial charge in [0.15, 0.2) is 0 Å². The minimum absolute atomic E-state index is 0.1000. The first-order valence-electron chi connectivity index (χ1n) is 7.52. The first-order valence-corrected chi connectivity index (χ1v) is 7.52. The molecule has 0 aliphatic carbocycles. The second kappa shape index (κ2) is 9.73. The Morgan fingerprint density at radius 2 is 1.91 bits per heavy atom. The van der Waals surface area contributed by atoms with Gasteiger partial charge in [-0.05, 0) is 31.5 Å². The van der Waals surface area contributed by atoms with Crippen molar-refractivity contribution < 1.29 is 9.59 Å². The Morgan fingerprint density at radius 1 is 1.23 bits per heavy atom. The quantitative estimate of drug-likeness (QED) is 0.685. The molecule has 120 valence electrons. The van der Waals surface area contributed by atoms with E-state index in [0.29, 0.717) is 13.1 Å². The number of benzene rings is 1. The zero-order chi connectivity index (χ0) is 16.4. The molecule has 5 nitrogen and oxygen atoms in total. The van der Waals surface area contributed by atoms with E-state index in [0.717, 1.165) is 17.7 Å². The van der Waals surface area contributed by atoms with Gasteiger partial charge in [-0.25, -0.2) is 0 Å². The van der Waals surface area contributed by atoms with Crippen molar-refractivity contribution in [2.75, 3.05) is 31.5 Å². The van der Waals surface area contributed by atoms with Gasteiger partial charge in [0, 0.05) is 12.2 Å². The van der Waals surface area contributed by atoms with E-state index < -0.39 is 0 Å². The third-order valence-electron chi connectivity index (χ3n) is 3.14. The van der Waals surface area contributed by atoms with Crippen molar-refractivity contribution in [3.05, 3.63) is 42.5 Å². The second-order valence-corrected chi connectivity index (χ2v) is 5.17. The number of aryl methyl sites for hydroxylation is 1. The lowest BCUT2D eigenvalue weighted by Gasteiger charge is -2.20. The number of carbonyl (C=O) groups excluding carboxylic acids is 2. The first kappa shape index (κ1) is 17.9. The molecule has 0 saturated heterocycles. The van der Waals surface area contributed by atoms with Gasteiger partial charge < -0.3 is 10.6 Å². The summed E-state index contributed by atoms with van der Waals surface area (Å²) in [4.78, 5) is 25.7. The normalized spacial score (nSPS) is 10.3. The Bertz CT molecular complexity index is 514. The van der Waals surface area contributed by atoms with Crippen LogP contribution in [0.3, 0.4) is 0 Å². The zero-order valence-electron chi connectivity index (χ0n) is 13.4. The van der Waals surface area contributed by atoms with E-state index in [-0.39, 0.29) is 24.9 Å². The fourth-order valence-corrected chi connectivity index (χ4v) is 2.08. The Hall–Kier alpha value is -2.14. The fourth-order valence-electron chi connectivity index (χ4n) is 2.08. The predicted octanol–water partition coefficient (Wildman–Crippen LogP) is 1.95. The number of carbonyl (C=O) groups is 2. The zero-order valence-corrected chi connectivity index (χ0v) is 13.4. The van der Waals surface area contributed by atoms with Gasteiger partial charge in [0.05, 0.1) is 13.1 Å². The average Bonchev–Trinajstić information content (AvgIpc) is 2.47. The smallest absolute Gasteiger partial charge is 0.238 e. The highest BCUT2D eigenvalue weighted by Crippen LogP contribution is 2.12. The summed E-state index contributed by atoms with van der Waals surface area (Å²) >= 11 is 0. The number of amides is 2. The number of rotatable bonds is 9. The molecule has 0 aromatic heterocycles. The fraction of sp³-hybridized carbons (Fsp3) is 0.412. The van der Waals surface area contributed by atoms with Crippen LogP contribution < -0.4 is 10.6 Å². The Balaban J connectivity index is 2.54. The molecule has 22 heavy (non-hydrogen) atoms. The maximum atomic E-state index is 12.1. The molecule has 5 heteroatoms. The van der Waals surface area contributed by atoms with Crippen LogP contribution in [0.25, 0.3) is 0 Å². The van der Waals surface area contributed by atoms with Crippen LogP contribution in [0.4, 0.5) is 5.69 Å². The van der Waals surface area contributed by atoms with Crippen LogP contribution in [-0.4, -0.2) is 42.9 Å². The van der Waals surface area contributed by atoms with Crippen LogP contribution >= 0.6 is 0 Å². The minimum Gasteiger partial charge on any atom is -0.352 e. The monoisotopic (exact) mass is 303 g/mol. The maximum absolute atomic E-state index is 12.1. The highest BCUT2D eigenvalue weighted by atomic mass is 16.2. The summed E-state index contributed by atoms with van der Waals surface area (Å²) in [5.41, 5.74) is 1.82. The molecule has 0 heterocycles. The van der Waals surface area contributed by atoms with Gasteiger partial charge in [0.2, 0.25) is 11.8 Å². The van der Waals surface area contributed by atoms with Crippen LogP contribution in [0.2, 0.25) is 0 Å². The molecule has 0 atom stereocenters. The summed E-state index contributed by atoms with van der Waals surface area (Å²) in [6.45, 7) is 9.07. The molecule has 2 amide bonds. The molecule has 0 saturated carbocycles. The van der Waals surface area contributed by atoms with Gasteiger partial charge in [-0.1, -0.05) is 31.2 Å². The maximum Gasteiger partial charge on any atom is 0.238 e. The average molecular weight is 303 g/mol. The van der Waals surface area contributed by atoms with Crippen LogP contribution in [0.1, 0.15) is 18.9 Å². The van der Waals surface area contributed by atoms with E-state index in [1.54, 1.807) is 6.08 Å². The molecule has 0 aliphatic rings. The number of para-hydroxylation sites is 1. The number of nitrogens with zero attached hydrogens (tertiary/aromatic N) is 1. The number of hydrogen-bond donors (Lipinski definition) is 2.